The van der Waals surface area contributed by atoms with Gasteiger partial charge in [0.25, 0.3) is 0 Å². The van der Waals surface area contributed by atoms with E-state index in [1.165, 1.54) is 89.9 Å². The Bertz CT molecular complexity index is 987. The van der Waals surface area contributed by atoms with E-state index in [2.05, 4.69) is 67.8 Å². The fourth-order valence-corrected chi connectivity index (χ4v) is 6.05. The fraction of sp³-hybridized carbons (Fsp3) is 0.766. The SMILES string of the molecule is CCCCC/C=C\C/C=C\CCCCCCCCOC(=O)CCC(NC(=O)CCCN(C)C)C(=O)OCCCCCCCC/C=C\C/C=C\CCCCC. The summed E-state index contributed by atoms with van der Waals surface area (Å²) in [4.78, 5) is 40.0. The second kappa shape index (κ2) is 41.5. The van der Waals surface area contributed by atoms with Crippen LogP contribution in [0.25, 0.3) is 0 Å². The highest BCUT2D eigenvalue weighted by molar-refractivity contribution is 5.85. The number of ether oxygens (including phenoxy) is 2. The number of allylic oxidation sites excluding steroid dienone is 8. The van der Waals surface area contributed by atoms with E-state index in [0.717, 1.165) is 70.8 Å². The largest absolute Gasteiger partial charge is 0.466 e. The number of nitrogens with zero attached hydrogens (tertiary/aromatic N) is 1. The average Bonchev–Trinajstić information content (AvgIpc) is 3.15. The van der Waals surface area contributed by atoms with Crippen LogP contribution in [0.1, 0.15) is 194 Å². The maximum atomic E-state index is 12.9. The average molecular weight is 757 g/mol. The van der Waals surface area contributed by atoms with Crippen LogP contribution in [0.3, 0.4) is 0 Å². The van der Waals surface area contributed by atoms with Crippen molar-refractivity contribution in [2.45, 2.75) is 200 Å². The molecule has 0 aliphatic heterocycles. The van der Waals surface area contributed by atoms with Gasteiger partial charge in [0.05, 0.1) is 13.2 Å². The maximum Gasteiger partial charge on any atom is 0.328 e. The molecule has 0 heterocycles. The lowest BCUT2D eigenvalue weighted by Crippen LogP contribution is -2.42. The molecule has 0 spiro atoms. The molecule has 54 heavy (non-hydrogen) atoms. The first-order chi connectivity index (χ1) is 26.4. The molecule has 0 aliphatic carbocycles. The Balaban J connectivity index is 4.17. The van der Waals surface area contributed by atoms with Gasteiger partial charge in [-0.3, -0.25) is 9.59 Å². The maximum absolute atomic E-state index is 12.9. The van der Waals surface area contributed by atoms with Crippen LogP contribution in [0.2, 0.25) is 0 Å². The second-order valence-electron chi connectivity index (χ2n) is 15.1. The summed E-state index contributed by atoms with van der Waals surface area (Å²) in [6.07, 6.45) is 47.3. The highest BCUT2D eigenvalue weighted by Gasteiger charge is 2.23. The number of hydrogen-bond acceptors (Lipinski definition) is 6. The normalized spacial score (nSPS) is 12.5. The number of hydrogen-bond donors (Lipinski definition) is 1. The van der Waals surface area contributed by atoms with Crippen molar-refractivity contribution in [1.82, 2.24) is 10.2 Å². The molecular formula is C47H84N2O5. The summed E-state index contributed by atoms with van der Waals surface area (Å²) in [5.41, 5.74) is 0. The molecule has 0 fully saturated rings. The lowest BCUT2D eigenvalue weighted by molar-refractivity contribution is -0.149. The Morgan fingerprint density at radius 2 is 0.944 bits per heavy atom. The predicted molar refractivity (Wildman–Crippen MR) is 230 cm³/mol. The van der Waals surface area contributed by atoms with E-state index < -0.39 is 12.0 Å². The zero-order chi connectivity index (χ0) is 39.6. The molecule has 0 bridgehead atoms. The summed E-state index contributed by atoms with van der Waals surface area (Å²) < 4.78 is 11.0. The van der Waals surface area contributed by atoms with E-state index in [1.807, 2.05) is 19.0 Å². The van der Waals surface area contributed by atoms with E-state index in [-0.39, 0.29) is 24.7 Å². The monoisotopic (exact) mass is 757 g/mol. The summed E-state index contributed by atoms with van der Waals surface area (Å²) in [7, 11) is 3.93. The van der Waals surface area contributed by atoms with E-state index in [9.17, 15) is 14.4 Å². The first-order valence-corrected chi connectivity index (χ1v) is 22.3. The molecule has 1 atom stereocenters. The molecule has 312 valence electrons. The summed E-state index contributed by atoms with van der Waals surface area (Å²) in [5.74, 6) is -0.985. The van der Waals surface area contributed by atoms with Crippen molar-refractivity contribution in [2.24, 2.45) is 0 Å². The Morgan fingerprint density at radius 1 is 0.519 bits per heavy atom. The number of carbonyl (C=O) groups is 3. The van der Waals surface area contributed by atoms with Gasteiger partial charge in [0, 0.05) is 12.8 Å². The zero-order valence-electron chi connectivity index (χ0n) is 35.6. The fourth-order valence-electron chi connectivity index (χ4n) is 6.05. The molecular weight excluding hydrogens is 673 g/mol. The lowest BCUT2D eigenvalue weighted by atomic mass is 10.1. The van der Waals surface area contributed by atoms with Crippen molar-refractivity contribution in [3.8, 4) is 0 Å². The topological polar surface area (TPSA) is 84.9 Å². The first-order valence-electron chi connectivity index (χ1n) is 22.3. The van der Waals surface area contributed by atoms with Gasteiger partial charge < -0.3 is 19.7 Å². The molecule has 0 radical (unpaired) electrons. The van der Waals surface area contributed by atoms with E-state index in [4.69, 9.17) is 9.47 Å². The van der Waals surface area contributed by atoms with Gasteiger partial charge in [-0.2, -0.15) is 0 Å². The number of nitrogens with one attached hydrogen (secondary N) is 1. The Hall–Kier alpha value is -2.67. The van der Waals surface area contributed by atoms with Crippen LogP contribution in [0.15, 0.2) is 48.6 Å². The van der Waals surface area contributed by atoms with Crippen molar-refractivity contribution in [2.75, 3.05) is 33.9 Å². The lowest BCUT2D eigenvalue weighted by Gasteiger charge is -2.18. The summed E-state index contributed by atoms with van der Waals surface area (Å²) in [5, 5.41) is 2.82. The molecule has 1 N–H and O–H groups in total. The Kier molecular flexibility index (Phi) is 39.4. The van der Waals surface area contributed by atoms with Gasteiger partial charge in [0.2, 0.25) is 5.91 Å². The third-order valence-electron chi connectivity index (χ3n) is 9.46. The highest BCUT2D eigenvalue weighted by atomic mass is 16.5. The summed E-state index contributed by atoms with van der Waals surface area (Å²) in [6.45, 7) is 6.00. The van der Waals surface area contributed by atoms with Gasteiger partial charge >= 0.3 is 11.9 Å². The van der Waals surface area contributed by atoms with Crippen LogP contribution in [0.5, 0.6) is 0 Å². The highest BCUT2D eigenvalue weighted by Crippen LogP contribution is 2.11. The smallest absolute Gasteiger partial charge is 0.328 e. The minimum atomic E-state index is -0.837. The van der Waals surface area contributed by atoms with E-state index >= 15 is 0 Å². The molecule has 0 saturated heterocycles. The molecule has 0 aromatic heterocycles. The molecule has 7 nitrogen and oxygen atoms in total. The Morgan fingerprint density at radius 3 is 1.41 bits per heavy atom. The van der Waals surface area contributed by atoms with Gasteiger partial charge in [-0.05, 0) is 111 Å². The zero-order valence-corrected chi connectivity index (χ0v) is 35.6. The van der Waals surface area contributed by atoms with Crippen LogP contribution >= 0.6 is 0 Å². The van der Waals surface area contributed by atoms with Gasteiger partial charge in [0.1, 0.15) is 6.04 Å². The van der Waals surface area contributed by atoms with Crippen molar-refractivity contribution in [1.29, 1.82) is 0 Å². The molecule has 1 amide bonds. The molecule has 0 aromatic carbocycles. The molecule has 7 heteroatoms. The van der Waals surface area contributed by atoms with Gasteiger partial charge in [0.15, 0.2) is 0 Å². The van der Waals surface area contributed by atoms with Gasteiger partial charge in [-0.25, -0.2) is 4.79 Å². The van der Waals surface area contributed by atoms with Crippen LogP contribution in [0, 0.1) is 0 Å². The predicted octanol–water partition coefficient (Wildman–Crippen LogP) is 12.3. The molecule has 0 saturated carbocycles. The molecule has 0 aliphatic rings. The van der Waals surface area contributed by atoms with Crippen molar-refractivity contribution >= 4 is 17.8 Å². The molecule has 0 aromatic rings. The third-order valence-corrected chi connectivity index (χ3v) is 9.46. The summed E-state index contributed by atoms with van der Waals surface area (Å²) in [6, 6.07) is -0.837. The van der Waals surface area contributed by atoms with Crippen LogP contribution < -0.4 is 5.32 Å². The minimum Gasteiger partial charge on any atom is -0.466 e. The Labute approximate surface area is 333 Å². The quantitative estimate of drug-likeness (QED) is 0.0382. The number of carbonyl (C=O) groups excluding carboxylic acids is 3. The van der Waals surface area contributed by atoms with Crippen molar-refractivity contribution in [3.63, 3.8) is 0 Å². The van der Waals surface area contributed by atoms with Gasteiger partial charge in [-0.15, -0.1) is 0 Å². The summed E-state index contributed by atoms with van der Waals surface area (Å²) >= 11 is 0. The minimum absolute atomic E-state index is 0.0743. The van der Waals surface area contributed by atoms with Crippen LogP contribution in [0.4, 0.5) is 0 Å². The third kappa shape index (κ3) is 39.0. The number of rotatable bonds is 39. The number of esters is 2. The van der Waals surface area contributed by atoms with Crippen molar-refractivity contribution < 1.29 is 23.9 Å². The van der Waals surface area contributed by atoms with Gasteiger partial charge in [-0.1, -0.05) is 140 Å². The van der Waals surface area contributed by atoms with E-state index in [1.54, 1.807) is 0 Å². The van der Waals surface area contributed by atoms with Crippen LogP contribution in [-0.4, -0.2) is 62.6 Å². The molecule has 1 unspecified atom stereocenters. The van der Waals surface area contributed by atoms with Crippen molar-refractivity contribution in [3.05, 3.63) is 48.6 Å². The second-order valence-corrected chi connectivity index (χ2v) is 15.1. The number of amides is 1. The number of unbranched alkanes of at least 4 members (excludes halogenated alkanes) is 18. The van der Waals surface area contributed by atoms with Crippen LogP contribution in [-0.2, 0) is 23.9 Å². The standard InChI is InChI=1S/C47H84N2O5/c1-5-7-9-11-13-15-17-19-21-23-25-27-29-31-33-35-42-53-46(51)40-39-44(48-45(50)38-37-41-49(3)4)47(52)54-43-36-34-32-30-28-26-24-22-20-18-16-14-12-10-8-6-2/h13-16,19-22,44H,5-12,17-18,23-43H2,1-4H3,(H,48,50)/b15-13-,16-14-,21-19-,22-20-. The first kappa shape index (κ1) is 51.3. The van der Waals surface area contributed by atoms with E-state index in [0.29, 0.717) is 26.1 Å². The molecule has 0 rings (SSSR count).